The summed E-state index contributed by atoms with van der Waals surface area (Å²) < 4.78 is 5.56. The van der Waals surface area contributed by atoms with Gasteiger partial charge in [-0.2, -0.15) is 0 Å². The Labute approximate surface area is 137 Å². The zero-order valence-corrected chi connectivity index (χ0v) is 14.2. The van der Waals surface area contributed by atoms with E-state index in [1.54, 1.807) is 13.0 Å². The van der Waals surface area contributed by atoms with Crippen molar-refractivity contribution in [2.45, 2.75) is 31.9 Å². The molecule has 3 unspecified atom stereocenters. The molecule has 23 heavy (non-hydrogen) atoms. The molecule has 2 heterocycles. The summed E-state index contributed by atoms with van der Waals surface area (Å²) in [7, 11) is 4.07. The number of cyclic esters (lactones) is 1. The van der Waals surface area contributed by atoms with E-state index >= 15 is 0 Å². The highest BCUT2D eigenvalue weighted by Gasteiger charge is 2.47. The van der Waals surface area contributed by atoms with Crippen molar-refractivity contribution in [1.29, 1.82) is 0 Å². The molecule has 0 radical (unpaired) electrons. The number of carbonyl (C=O) groups is 2. The molecule has 124 valence electrons. The topological polar surface area (TPSA) is 49.9 Å². The van der Waals surface area contributed by atoms with Crippen molar-refractivity contribution in [2.75, 3.05) is 27.2 Å². The Morgan fingerprint density at radius 1 is 1.30 bits per heavy atom. The number of fused-ring (bicyclic) bond motifs is 1. The van der Waals surface area contributed by atoms with Crippen molar-refractivity contribution < 1.29 is 14.3 Å². The van der Waals surface area contributed by atoms with Crippen LogP contribution in [0, 0.1) is 5.92 Å². The SMILES string of the molecule is CC1CN(C(=O)C2(C)Cc3ccccc3C(=O)O2)CC1N(C)C. The Hall–Kier alpha value is -1.88. The summed E-state index contributed by atoms with van der Waals surface area (Å²) in [4.78, 5) is 29.3. The number of likely N-dealkylation sites (N-methyl/N-ethyl adjacent to an activating group) is 1. The minimum absolute atomic E-state index is 0.0865. The maximum atomic E-state index is 13.0. The van der Waals surface area contributed by atoms with Crippen LogP contribution in [0.3, 0.4) is 0 Å². The van der Waals surface area contributed by atoms with Gasteiger partial charge in [-0.05, 0) is 38.6 Å². The summed E-state index contributed by atoms with van der Waals surface area (Å²) in [6, 6.07) is 7.70. The Balaban J connectivity index is 1.82. The van der Waals surface area contributed by atoms with Crippen LogP contribution in [0.1, 0.15) is 29.8 Å². The maximum absolute atomic E-state index is 13.0. The lowest BCUT2D eigenvalue weighted by atomic mass is 9.89. The lowest BCUT2D eigenvalue weighted by Crippen LogP contribution is -2.53. The van der Waals surface area contributed by atoms with E-state index in [0.717, 1.165) is 5.56 Å². The number of nitrogens with zero attached hydrogens (tertiary/aromatic N) is 2. The summed E-state index contributed by atoms with van der Waals surface area (Å²) in [5, 5.41) is 0. The zero-order chi connectivity index (χ0) is 16.8. The molecule has 0 spiro atoms. The van der Waals surface area contributed by atoms with Crippen LogP contribution in [0.15, 0.2) is 24.3 Å². The summed E-state index contributed by atoms with van der Waals surface area (Å²) >= 11 is 0. The quantitative estimate of drug-likeness (QED) is 0.777. The highest BCUT2D eigenvalue weighted by molar-refractivity contribution is 5.97. The minimum Gasteiger partial charge on any atom is -0.445 e. The number of rotatable bonds is 2. The molecule has 3 atom stereocenters. The molecule has 3 rings (SSSR count). The molecule has 0 aromatic heterocycles. The van der Waals surface area contributed by atoms with Crippen LogP contribution in [0.25, 0.3) is 0 Å². The van der Waals surface area contributed by atoms with Gasteiger partial charge in [-0.3, -0.25) is 4.79 Å². The van der Waals surface area contributed by atoms with E-state index in [1.165, 1.54) is 0 Å². The average molecular weight is 316 g/mol. The lowest BCUT2D eigenvalue weighted by Gasteiger charge is -2.36. The van der Waals surface area contributed by atoms with Gasteiger partial charge >= 0.3 is 5.97 Å². The van der Waals surface area contributed by atoms with E-state index < -0.39 is 11.6 Å². The fraction of sp³-hybridized carbons (Fsp3) is 0.556. The van der Waals surface area contributed by atoms with Crippen molar-refractivity contribution in [3.8, 4) is 0 Å². The fourth-order valence-electron chi connectivity index (χ4n) is 3.77. The lowest BCUT2D eigenvalue weighted by molar-refractivity contribution is -0.150. The fourth-order valence-corrected chi connectivity index (χ4v) is 3.77. The molecule has 0 saturated carbocycles. The van der Waals surface area contributed by atoms with Gasteiger partial charge in [0, 0.05) is 25.6 Å². The predicted molar refractivity (Wildman–Crippen MR) is 87.2 cm³/mol. The third kappa shape index (κ3) is 2.74. The minimum atomic E-state index is -1.10. The molecule has 2 aliphatic rings. The first-order valence-corrected chi connectivity index (χ1v) is 8.09. The van der Waals surface area contributed by atoms with Gasteiger partial charge in [0.25, 0.3) is 5.91 Å². The van der Waals surface area contributed by atoms with Gasteiger partial charge < -0.3 is 14.5 Å². The molecule has 1 fully saturated rings. The normalized spacial score (nSPS) is 30.3. The van der Waals surface area contributed by atoms with Crippen LogP contribution in [0.2, 0.25) is 0 Å². The number of amides is 1. The molecule has 2 aliphatic heterocycles. The van der Waals surface area contributed by atoms with Crippen molar-refractivity contribution in [2.24, 2.45) is 5.92 Å². The maximum Gasteiger partial charge on any atom is 0.339 e. The first-order valence-electron chi connectivity index (χ1n) is 8.09. The number of ether oxygens (including phenoxy) is 1. The highest BCUT2D eigenvalue weighted by atomic mass is 16.6. The molecular formula is C18H24N2O3. The van der Waals surface area contributed by atoms with Gasteiger partial charge in [0.2, 0.25) is 0 Å². The van der Waals surface area contributed by atoms with E-state index in [9.17, 15) is 9.59 Å². The number of hydrogen-bond acceptors (Lipinski definition) is 4. The van der Waals surface area contributed by atoms with Gasteiger partial charge in [-0.25, -0.2) is 4.79 Å². The van der Waals surface area contributed by atoms with Gasteiger partial charge in [0.1, 0.15) is 0 Å². The predicted octanol–water partition coefficient (Wildman–Crippen LogP) is 1.57. The molecule has 0 N–H and O–H groups in total. The standard InChI is InChI=1S/C18H24N2O3/c1-12-10-20(11-15(12)19(3)4)17(22)18(2)9-13-7-5-6-8-14(13)16(21)23-18/h5-8,12,15H,9-11H2,1-4H3. The monoisotopic (exact) mass is 316 g/mol. The molecule has 1 aromatic carbocycles. The van der Waals surface area contributed by atoms with Crippen LogP contribution in [0.4, 0.5) is 0 Å². The highest BCUT2D eigenvalue weighted by Crippen LogP contribution is 2.31. The molecule has 1 aromatic rings. The Kier molecular flexibility index (Phi) is 3.92. The van der Waals surface area contributed by atoms with Gasteiger partial charge in [0.05, 0.1) is 5.56 Å². The van der Waals surface area contributed by atoms with E-state index in [-0.39, 0.29) is 5.91 Å². The summed E-state index contributed by atoms with van der Waals surface area (Å²) in [6.45, 7) is 5.28. The Morgan fingerprint density at radius 2 is 2.00 bits per heavy atom. The van der Waals surface area contributed by atoms with E-state index in [1.807, 2.05) is 37.2 Å². The summed E-state index contributed by atoms with van der Waals surface area (Å²) in [5.41, 5.74) is 0.349. The number of benzene rings is 1. The zero-order valence-electron chi connectivity index (χ0n) is 14.2. The number of hydrogen-bond donors (Lipinski definition) is 0. The summed E-state index contributed by atoms with van der Waals surface area (Å²) in [5.74, 6) is -0.0835. The largest absolute Gasteiger partial charge is 0.445 e. The summed E-state index contributed by atoms with van der Waals surface area (Å²) in [6.07, 6.45) is 0.436. The molecule has 1 saturated heterocycles. The third-order valence-corrected chi connectivity index (χ3v) is 5.06. The van der Waals surface area contributed by atoms with Crippen molar-refractivity contribution >= 4 is 11.9 Å². The number of carbonyl (C=O) groups excluding carboxylic acids is 2. The second-order valence-electron chi connectivity index (χ2n) is 7.17. The molecule has 5 heteroatoms. The van der Waals surface area contributed by atoms with Gasteiger partial charge in [-0.1, -0.05) is 25.1 Å². The molecule has 5 nitrogen and oxygen atoms in total. The first kappa shape index (κ1) is 16.0. The van der Waals surface area contributed by atoms with Crippen LogP contribution in [0.5, 0.6) is 0 Å². The second kappa shape index (κ2) is 5.64. The van der Waals surface area contributed by atoms with E-state index in [2.05, 4.69) is 11.8 Å². The van der Waals surface area contributed by atoms with Crippen LogP contribution >= 0.6 is 0 Å². The molecule has 1 amide bonds. The Morgan fingerprint density at radius 3 is 2.65 bits per heavy atom. The molecule has 0 bridgehead atoms. The molecule has 0 aliphatic carbocycles. The van der Waals surface area contributed by atoms with E-state index in [0.29, 0.717) is 37.0 Å². The van der Waals surface area contributed by atoms with Gasteiger partial charge in [0.15, 0.2) is 5.60 Å². The second-order valence-corrected chi connectivity index (χ2v) is 7.17. The van der Waals surface area contributed by atoms with Crippen molar-refractivity contribution in [1.82, 2.24) is 9.80 Å². The Bertz CT molecular complexity index is 643. The average Bonchev–Trinajstić information content (AvgIpc) is 2.88. The van der Waals surface area contributed by atoms with Crippen LogP contribution in [-0.4, -0.2) is 60.5 Å². The molecular weight excluding hydrogens is 292 g/mol. The van der Waals surface area contributed by atoms with Crippen LogP contribution in [-0.2, 0) is 16.0 Å². The number of likely N-dealkylation sites (tertiary alicyclic amines) is 1. The first-order chi connectivity index (χ1) is 10.8. The number of esters is 1. The smallest absolute Gasteiger partial charge is 0.339 e. The van der Waals surface area contributed by atoms with E-state index in [4.69, 9.17) is 4.74 Å². The van der Waals surface area contributed by atoms with Gasteiger partial charge in [-0.15, -0.1) is 0 Å². The van der Waals surface area contributed by atoms with Crippen molar-refractivity contribution in [3.05, 3.63) is 35.4 Å². The van der Waals surface area contributed by atoms with Crippen LogP contribution < -0.4 is 0 Å². The van der Waals surface area contributed by atoms with Crippen molar-refractivity contribution in [3.63, 3.8) is 0 Å². The third-order valence-electron chi connectivity index (χ3n) is 5.06.